The Bertz CT molecular complexity index is 289. The van der Waals surface area contributed by atoms with Gasteiger partial charge >= 0.3 is 0 Å². The smallest absolute Gasteiger partial charge is 0.245 e. The van der Waals surface area contributed by atoms with E-state index in [1.165, 1.54) is 0 Å². The first kappa shape index (κ1) is 13.0. The van der Waals surface area contributed by atoms with Gasteiger partial charge in [-0.2, -0.15) is 0 Å². The molecule has 0 aromatic heterocycles. The fourth-order valence-corrected chi connectivity index (χ4v) is 1.90. The molecule has 0 aromatic rings. The van der Waals surface area contributed by atoms with E-state index in [2.05, 4.69) is 5.32 Å². The zero-order valence-corrected chi connectivity index (χ0v) is 10.4. The summed E-state index contributed by atoms with van der Waals surface area (Å²) in [5.41, 5.74) is -0.415. The van der Waals surface area contributed by atoms with E-state index in [1.807, 2.05) is 20.8 Å². The molecule has 16 heavy (non-hydrogen) atoms. The molecule has 1 aliphatic rings. The maximum atomic E-state index is 11.8. The summed E-state index contributed by atoms with van der Waals surface area (Å²) in [6.45, 7) is 8.60. The minimum Gasteiger partial charge on any atom is -0.374 e. The molecule has 1 aliphatic heterocycles. The van der Waals surface area contributed by atoms with Crippen molar-refractivity contribution in [3.8, 4) is 0 Å². The van der Waals surface area contributed by atoms with Crippen LogP contribution in [0.3, 0.4) is 0 Å². The van der Waals surface area contributed by atoms with Crippen molar-refractivity contribution in [3.05, 3.63) is 0 Å². The number of hydrogen-bond acceptors (Lipinski definition) is 3. The Morgan fingerprint density at radius 2 is 2.12 bits per heavy atom. The van der Waals surface area contributed by atoms with Crippen LogP contribution in [0.4, 0.5) is 0 Å². The number of carbonyl (C=O) groups is 2. The number of rotatable bonds is 4. The lowest BCUT2D eigenvalue weighted by Crippen LogP contribution is -2.59. The molecule has 5 nitrogen and oxygen atoms in total. The van der Waals surface area contributed by atoms with Gasteiger partial charge in [-0.1, -0.05) is 0 Å². The lowest BCUT2D eigenvalue weighted by Gasteiger charge is -2.36. The molecule has 1 rings (SSSR count). The predicted octanol–water partition coefficient (Wildman–Crippen LogP) is 0.148. The van der Waals surface area contributed by atoms with Crippen LogP contribution in [0, 0.1) is 0 Å². The maximum Gasteiger partial charge on any atom is 0.245 e. The highest BCUT2D eigenvalue weighted by molar-refractivity contribution is 5.94. The monoisotopic (exact) mass is 228 g/mol. The molecule has 0 bridgehead atoms. The Kier molecular flexibility index (Phi) is 3.91. The van der Waals surface area contributed by atoms with Gasteiger partial charge in [-0.15, -0.1) is 0 Å². The third-order valence-electron chi connectivity index (χ3n) is 2.50. The highest BCUT2D eigenvalue weighted by Gasteiger charge is 2.33. The Hall–Kier alpha value is -1.10. The van der Waals surface area contributed by atoms with Gasteiger partial charge in [-0.05, 0) is 27.7 Å². The molecular weight excluding hydrogens is 208 g/mol. The molecule has 2 amide bonds. The first-order valence-electron chi connectivity index (χ1n) is 5.58. The molecule has 0 aliphatic carbocycles. The van der Waals surface area contributed by atoms with Gasteiger partial charge in [0.05, 0.1) is 12.1 Å². The summed E-state index contributed by atoms with van der Waals surface area (Å²) >= 11 is 0. The fraction of sp³-hybridized carbons (Fsp3) is 0.818. The van der Waals surface area contributed by atoms with Crippen LogP contribution in [-0.4, -0.2) is 48.1 Å². The van der Waals surface area contributed by atoms with Crippen molar-refractivity contribution in [1.29, 1.82) is 0 Å². The van der Waals surface area contributed by atoms with Crippen molar-refractivity contribution in [1.82, 2.24) is 10.2 Å². The van der Waals surface area contributed by atoms with Crippen molar-refractivity contribution in [3.63, 3.8) is 0 Å². The van der Waals surface area contributed by atoms with Crippen LogP contribution in [0.2, 0.25) is 0 Å². The van der Waals surface area contributed by atoms with Gasteiger partial charge in [-0.3, -0.25) is 9.59 Å². The summed E-state index contributed by atoms with van der Waals surface area (Å²) in [7, 11) is 0. The molecule has 92 valence electrons. The van der Waals surface area contributed by atoms with Gasteiger partial charge < -0.3 is 15.0 Å². The SMILES string of the molecule is CCOC(C)(C)CN1CC(=O)NC(C)C1=O. The Morgan fingerprint density at radius 1 is 1.50 bits per heavy atom. The molecule has 1 unspecified atom stereocenters. The number of nitrogens with zero attached hydrogens (tertiary/aromatic N) is 1. The van der Waals surface area contributed by atoms with Crippen LogP contribution >= 0.6 is 0 Å². The molecule has 0 radical (unpaired) electrons. The van der Waals surface area contributed by atoms with Crippen molar-refractivity contribution >= 4 is 11.8 Å². The van der Waals surface area contributed by atoms with Gasteiger partial charge in [0.15, 0.2) is 0 Å². The second-order valence-electron chi connectivity index (χ2n) is 4.68. The van der Waals surface area contributed by atoms with Crippen molar-refractivity contribution in [2.45, 2.75) is 39.3 Å². The lowest BCUT2D eigenvalue weighted by atomic mass is 10.1. The highest BCUT2D eigenvalue weighted by atomic mass is 16.5. The zero-order chi connectivity index (χ0) is 12.3. The van der Waals surface area contributed by atoms with Gasteiger partial charge in [0.2, 0.25) is 11.8 Å². The van der Waals surface area contributed by atoms with Crippen LogP contribution in [0.5, 0.6) is 0 Å². The molecule has 0 saturated carbocycles. The number of nitrogens with one attached hydrogen (secondary N) is 1. The van der Waals surface area contributed by atoms with Crippen LogP contribution in [0.15, 0.2) is 0 Å². The quantitative estimate of drug-likeness (QED) is 0.745. The van der Waals surface area contributed by atoms with Gasteiger partial charge in [0, 0.05) is 13.2 Å². The molecule has 0 aromatic carbocycles. The summed E-state index contributed by atoms with van der Waals surface area (Å²) in [6, 6.07) is -0.432. The first-order chi connectivity index (χ1) is 7.35. The standard InChI is InChI=1S/C11H20N2O3/c1-5-16-11(3,4)7-13-6-9(14)12-8(2)10(13)15/h8H,5-7H2,1-4H3,(H,12,14). The third kappa shape index (κ3) is 3.20. The van der Waals surface area contributed by atoms with E-state index >= 15 is 0 Å². The molecule has 0 spiro atoms. The zero-order valence-electron chi connectivity index (χ0n) is 10.4. The average Bonchev–Trinajstić information content (AvgIpc) is 2.12. The molecule has 5 heteroatoms. The van der Waals surface area contributed by atoms with Gasteiger partial charge in [0.1, 0.15) is 6.04 Å². The van der Waals surface area contributed by atoms with E-state index in [0.717, 1.165) is 0 Å². The maximum absolute atomic E-state index is 11.8. The number of amides is 2. The van der Waals surface area contributed by atoms with E-state index in [0.29, 0.717) is 13.2 Å². The number of ether oxygens (including phenoxy) is 1. The summed E-state index contributed by atoms with van der Waals surface area (Å²) < 4.78 is 5.53. The molecule has 1 heterocycles. The highest BCUT2D eigenvalue weighted by Crippen LogP contribution is 2.13. The average molecular weight is 228 g/mol. The summed E-state index contributed by atoms with van der Waals surface area (Å²) in [5, 5.41) is 2.61. The Balaban J connectivity index is 2.65. The van der Waals surface area contributed by atoms with Gasteiger partial charge in [0.25, 0.3) is 0 Å². The Morgan fingerprint density at radius 3 is 2.69 bits per heavy atom. The summed E-state index contributed by atoms with van der Waals surface area (Å²) in [6.07, 6.45) is 0. The summed E-state index contributed by atoms with van der Waals surface area (Å²) in [5.74, 6) is -0.160. The fourth-order valence-electron chi connectivity index (χ4n) is 1.90. The van der Waals surface area contributed by atoms with Crippen LogP contribution < -0.4 is 5.32 Å². The minimum atomic E-state index is -0.432. The first-order valence-corrected chi connectivity index (χ1v) is 5.58. The van der Waals surface area contributed by atoms with Crippen LogP contribution in [0.1, 0.15) is 27.7 Å². The minimum absolute atomic E-state index is 0.0487. The van der Waals surface area contributed by atoms with Crippen molar-refractivity contribution in [2.24, 2.45) is 0 Å². The second kappa shape index (κ2) is 4.82. The largest absolute Gasteiger partial charge is 0.374 e. The molecule has 1 saturated heterocycles. The molecular formula is C11H20N2O3. The molecule has 1 N–H and O–H groups in total. The summed E-state index contributed by atoms with van der Waals surface area (Å²) in [4.78, 5) is 24.7. The lowest BCUT2D eigenvalue weighted by molar-refractivity contribution is -0.147. The molecule has 1 fully saturated rings. The second-order valence-corrected chi connectivity index (χ2v) is 4.68. The predicted molar refractivity (Wildman–Crippen MR) is 59.9 cm³/mol. The van der Waals surface area contributed by atoms with Gasteiger partial charge in [-0.25, -0.2) is 0 Å². The van der Waals surface area contributed by atoms with E-state index in [9.17, 15) is 9.59 Å². The molecule has 1 atom stereocenters. The topological polar surface area (TPSA) is 58.6 Å². The van der Waals surface area contributed by atoms with E-state index in [1.54, 1.807) is 11.8 Å². The number of hydrogen-bond donors (Lipinski definition) is 1. The van der Waals surface area contributed by atoms with E-state index in [4.69, 9.17) is 4.74 Å². The number of carbonyl (C=O) groups excluding carboxylic acids is 2. The van der Waals surface area contributed by atoms with Crippen molar-refractivity contribution < 1.29 is 14.3 Å². The number of piperazine rings is 1. The van der Waals surface area contributed by atoms with Crippen LogP contribution in [0.25, 0.3) is 0 Å². The van der Waals surface area contributed by atoms with Crippen LogP contribution in [-0.2, 0) is 14.3 Å². The van der Waals surface area contributed by atoms with Crippen molar-refractivity contribution in [2.75, 3.05) is 19.7 Å². The Labute approximate surface area is 96.1 Å². The van der Waals surface area contributed by atoms with E-state index < -0.39 is 11.6 Å². The van der Waals surface area contributed by atoms with E-state index in [-0.39, 0.29) is 18.4 Å². The third-order valence-corrected chi connectivity index (χ3v) is 2.50. The normalized spacial score (nSPS) is 22.2.